The molecule has 0 fully saturated rings. The molecule has 0 aliphatic heterocycles. The second kappa shape index (κ2) is 9.73. The van der Waals surface area contributed by atoms with Crippen molar-refractivity contribution < 1.29 is 8.97 Å². The van der Waals surface area contributed by atoms with E-state index in [9.17, 15) is 0 Å². The van der Waals surface area contributed by atoms with E-state index in [-0.39, 0.29) is 0 Å². The van der Waals surface area contributed by atoms with Crippen LogP contribution in [0.1, 0.15) is 13.8 Å². The van der Waals surface area contributed by atoms with Crippen LogP contribution in [0.25, 0.3) is 0 Å². The second-order valence-corrected chi connectivity index (χ2v) is 5.65. The fourth-order valence-electron chi connectivity index (χ4n) is 2.87. The highest BCUT2D eigenvalue weighted by Crippen LogP contribution is 2.13. The monoisotopic (exact) mass is 278 g/mol. The summed E-state index contributed by atoms with van der Waals surface area (Å²) in [4.78, 5) is 0. The third-order valence-corrected chi connectivity index (χ3v) is 4.46. The van der Waals surface area contributed by atoms with Crippen LogP contribution in [0.2, 0.25) is 0 Å². The minimum atomic E-state index is 1.01. The summed E-state index contributed by atoms with van der Waals surface area (Å²) < 4.78 is 2.09. The Balaban J connectivity index is 5.00. The minimum absolute atomic E-state index is 1.01. The van der Waals surface area contributed by atoms with Gasteiger partial charge in [-0.3, -0.25) is 0 Å². The van der Waals surface area contributed by atoms with Gasteiger partial charge in [0, 0.05) is 0 Å². The second-order valence-electron chi connectivity index (χ2n) is 5.65. The molecular weight excluding hydrogens is 244 g/mol. The van der Waals surface area contributed by atoms with Crippen molar-refractivity contribution in [2.75, 3.05) is 52.4 Å². The van der Waals surface area contributed by atoms with Gasteiger partial charge in [0.25, 0.3) is 0 Å². The molecule has 0 aromatic rings. The van der Waals surface area contributed by atoms with Gasteiger partial charge in [-0.05, 0) is 38.2 Å². The molecule has 0 radical (unpaired) electrons. The molecule has 0 unspecified atom stereocenters. The van der Waals surface area contributed by atoms with Crippen molar-refractivity contribution in [3.63, 3.8) is 0 Å². The highest BCUT2D eigenvalue weighted by atomic mass is 15.4. The number of quaternary nitrogens is 2. The lowest BCUT2D eigenvalue weighted by atomic mass is 10.2. The Bertz CT molecular complexity index is 265. The van der Waals surface area contributed by atoms with Crippen LogP contribution < -0.4 is 0 Å². The molecule has 0 saturated carbocycles. The Kier molecular flexibility index (Phi) is 9.19. The highest BCUT2D eigenvalue weighted by Gasteiger charge is 2.29. The van der Waals surface area contributed by atoms with Gasteiger partial charge in [-0.1, -0.05) is 26.3 Å². The summed E-state index contributed by atoms with van der Waals surface area (Å²) >= 11 is 0. The minimum Gasteiger partial charge on any atom is -0.313 e. The van der Waals surface area contributed by atoms with Gasteiger partial charge >= 0.3 is 0 Å². The molecule has 2 heteroatoms. The highest BCUT2D eigenvalue weighted by molar-refractivity contribution is 4.74. The van der Waals surface area contributed by atoms with Crippen LogP contribution in [0, 0.1) is 0 Å². The molecule has 0 saturated heterocycles. The summed E-state index contributed by atoms with van der Waals surface area (Å²) in [5, 5.41) is 0. The van der Waals surface area contributed by atoms with Gasteiger partial charge in [-0.2, -0.15) is 0 Å². The Morgan fingerprint density at radius 2 is 0.850 bits per heavy atom. The molecule has 0 aliphatic rings. The zero-order valence-electron chi connectivity index (χ0n) is 13.7. The summed E-state index contributed by atoms with van der Waals surface area (Å²) in [6.45, 7) is 28.8. The smallest absolute Gasteiger partial charge is 0.129 e. The molecule has 0 aliphatic carbocycles. The SMILES string of the molecule is C=CC[N+](CC)(CC=C)CC[N+](CC)(CC=C)CC=C. The van der Waals surface area contributed by atoms with E-state index < -0.39 is 0 Å². The first kappa shape index (κ1) is 18.9. The van der Waals surface area contributed by atoms with Crippen LogP contribution in [0.15, 0.2) is 50.6 Å². The third-order valence-electron chi connectivity index (χ3n) is 4.46. The third kappa shape index (κ3) is 5.48. The summed E-state index contributed by atoms with van der Waals surface area (Å²) in [5.74, 6) is 0. The van der Waals surface area contributed by atoms with E-state index in [1.165, 1.54) is 0 Å². The predicted molar refractivity (Wildman–Crippen MR) is 91.6 cm³/mol. The molecule has 0 rings (SSSR count). The fourth-order valence-corrected chi connectivity index (χ4v) is 2.87. The Hall–Kier alpha value is -1.12. The molecule has 0 atom stereocenters. The van der Waals surface area contributed by atoms with E-state index in [2.05, 4.69) is 40.2 Å². The first-order valence-corrected chi connectivity index (χ1v) is 7.71. The molecular formula is C18H34N2+2. The Morgan fingerprint density at radius 1 is 0.600 bits per heavy atom. The lowest BCUT2D eigenvalue weighted by molar-refractivity contribution is -0.969. The van der Waals surface area contributed by atoms with E-state index in [4.69, 9.17) is 0 Å². The lowest BCUT2D eigenvalue weighted by Crippen LogP contribution is -2.58. The summed E-state index contributed by atoms with van der Waals surface area (Å²) in [5.41, 5.74) is 0. The van der Waals surface area contributed by atoms with Gasteiger partial charge in [0.2, 0.25) is 0 Å². The average molecular weight is 278 g/mol. The van der Waals surface area contributed by atoms with E-state index in [1.807, 2.05) is 24.3 Å². The molecule has 0 amide bonds. The molecule has 0 aromatic carbocycles. The molecule has 0 spiro atoms. The molecule has 0 aromatic heterocycles. The van der Waals surface area contributed by atoms with E-state index >= 15 is 0 Å². The van der Waals surface area contributed by atoms with E-state index in [1.54, 1.807) is 0 Å². The van der Waals surface area contributed by atoms with Crippen LogP contribution in [-0.4, -0.2) is 61.3 Å². The summed E-state index contributed by atoms with van der Waals surface area (Å²) in [6.07, 6.45) is 8.15. The molecule has 0 N–H and O–H groups in total. The van der Waals surface area contributed by atoms with Crippen molar-refractivity contribution in [1.82, 2.24) is 0 Å². The number of rotatable bonds is 13. The van der Waals surface area contributed by atoms with Crippen molar-refractivity contribution >= 4 is 0 Å². The van der Waals surface area contributed by atoms with Gasteiger partial charge in [0.15, 0.2) is 0 Å². The van der Waals surface area contributed by atoms with Gasteiger partial charge in [0.05, 0.1) is 39.3 Å². The van der Waals surface area contributed by atoms with Gasteiger partial charge in [-0.15, -0.1) is 0 Å². The molecule has 0 bridgehead atoms. The number of likely N-dealkylation sites (N-methyl/N-ethyl adjacent to an activating group) is 2. The van der Waals surface area contributed by atoms with Crippen LogP contribution >= 0.6 is 0 Å². The van der Waals surface area contributed by atoms with Crippen LogP contribution in [0.4, 0.5) is 0 Å². The van der Waals surface area contributed by atoms with Crippen molar-refractivity contribution in [3.8, 4) is 0 Å². The Labute approximate surface area is 126 Å². The van der Waals surface area contributed by atoms with E-state index in [0.717, 1.165) is 61.3 Å². The molecule has 0 heterocycles. The molecule has 114 valence electrons. The number of hydrogen-bond acceptors (Lipinski definition) is 0. The standard InChI is InChI=1S/C18H34N2/c1-7-13-19(11-5,14-8-2)17-18-20(12-6,15-9-3)16-10-4/h7-10H,1-4,11-18H2,5-6H3/q+2. The Morgan fingerprint density at radius 3 is 1.00 bits per heavy atom. The first-order valence-electron chi connectivity index (χ1n) is 7.71. The number of hydrogen-bond donors (Lipinski definition) is 0. The van der Waals surface area contributed by atoms with Crippen molar-refractivity contribution in [1.29, 1.82) is 0 Å². The maximum Gasteiger partial charge on any atom is 0.129 e. The summed E-state index contributed by atoms with van der Waals surface area (Å²) in [6, 6.07) is 0. The quantitative estimate of drug-likeness (QED) is 0.358. The maximum atomic E-state index is 3.93. The van der Waals surface area contributed by atoms with Crippen LogP contribution in [0.3, 0.4) is 0 Å². The van der Waals surface area contributed by atoms with Gasteiger partial charge < -0.3 is 8.97 Å². The first-order chi connectivity index (χ1) is 9.57. The van der Waals surface area contributed by atoms with Crippen LogP contribution in [0.5, 0.6) is 0 Å². The molecule has 20 heavy (non-hydrogen) atoms. The average Bonchev–Trinajstić information content (AvgIpc) is 2.45. The van der Waals surface area contributed by atoms with Crippen molar-refractivity contribution in [2.24, 2.45) is 0 Å². The largest absolute Gasteiger partial charge is 0.313 e. The van der Waals surface area contributed by atoms with Crippen molar-refractivity contribution in [3.05, 3.63) is 50.6 Å². The lowest BCUT2D eigenvalue weighted by Gasteiger charge is -2.41. The predicted octanol–water partition coefficient (Wildman–Crippen LogP) is 3.40. The van der Waals surface area contributed by atoms with Gasteiger partial charge in [-0.25, -0.2) is 0 Å². The zero-order valence-corrected chi connectivity index (χ0v) is 13.7. The van der Waals surface area contributed by atoms with Crippen LogP contribution in [-0.2, 0) is 0 Å². The number of nitrogens with zero attached hydrogens (tertiary/aromatic N) is 2. The van der Waals surface area contributed by atoms with Crippen molar-refractivity contribution in [2.45, 2.75) is 13.8 Å². The normalized spacial score (nSPS) is 11.9. The zero-order chi connectivity index (χ0) is 15.5. The topological polar surface area (TPSA) is 0 Å². The maximum absolute atomic E-state index is 3.93. The van der Waals surface area contributed by atoms with E-state index in [0.29, 0.717) is 0 Å². The summed E-state index contributed by atoms with van der Waals surface area (Å²) in [7, 11) is 0. The fraction of sp³-hybridized carbons (Fsp3) is 0.556. The molecule has 2 nitrogen and oxygen atoms in total. The van der Waals surface area contributed by atoms with Gasteiger partial charge in [0.1, 0.15) is 13.1 Å².